The Labute approximate surface area is 136 Å². The van der Waals surface area contributed by atoms with Crippen LogP contribution >= 0.6 is 0 Å². The van der Waals surface area contributed by atoms with Crippen LogP contribution in [0.4, 0.5) is 0 Å². The van der Waals surface area contributed by atoms with Crippen LogP contribution < -0.4 is 4.74 Å². The average Bonchev–Trinajstić information content (AvgIpc) is 3.23. The maximum absolute atomic E-state index is 12.7. The van der Waals surface area contributed by atoms with Crippen molar-refractivity contribution in [3.05, 3.63) is 35.7 Å². The van der Waals surface area contributed by atoms with E-state index in [0.29, 0.717) is 17.2 Å². The molecule has 1 aromatic carbocycles. The fourth-order valence-electron chi connectivity index (χ4n) is 2.56. The molecule has 0 saturated heterocycles. The van der Waals surface area contributed by atoms with Crippen molar-refractivity contribution in [3.8, 4) is 5.75 Å². The van der Waals surface area contributed by atoms with Gasteiger partial charge in [0, 0.05) is 18.5 Å². The Hall–Kier alpha value is -1.89. The zero-order valence-corrected chi connectivity index (χ0v) is 14.4. The monoisotopic (exact) mass is 335 g/mol. The number of ether oxygens (including phenoxy) is 1. The van der Waals surface area contributed by atoms with Crippen LogP contribution in [-0.4, -0.2) is 29.3 Å². The second-order valence-electron chi connectivity index (χ2n) is 6.21. The van der Waals surface area contributed by atoms with Crippen molar-refractivity contribution in [1.29, 1.82) is 0 Å². The van der Waals surface area contributed by atoms with Gasteiger partial charge < -0.3 is 9.30 Å². The van der Waals surface area contributed by atoms with Gasteiger partial charge in [-0.25, -0.2) is 8.42 Å². The largest absolute Gasteiger partial charge is 0.491 e. The number of hydrogen-bond donors (Lipinski definition) is 0. The molecule has 0 radical (unpaired) electrons. The van der Waals surface area contributed by atoms with Gasteiger partial charge in [0.05, 0.1) is 11.9 Å². The maximum atomic E-state index is 12.7. The zero-order valence-electron chi connectivity index (χ0n) is 13.6. The zero-order chi connectivity index (χ0) is 16.6. The fraction of sp³-hybridized carbons (Fsp3) is 0.500. The lowest BCUT2D eigenvalue weighted by Gasteiger charge is -2.14. The molecule has 0 aliphatic heterocycles. The Bertz CT molecular complexity index is 808. The molecule has 1 aliphatic carbocycles. The van der Waals surface area contributed by atoms with Gasteiger partial charge in [-0.1, -0.05) is 18.2 Å². The molecule has 6 nitrogen and oxygen atoms in total. The van der Waals surface area contributed by atoms with Crippen molar-refractivity contribution in [2.75, 3.05) is 0 Å². The summed E-state index contributed by atoms with van der Waals surface area (Å²) >= 11 is 0. The van der Waals surface area contributed by atoms with Gasteiger partial charge in [-0.05, 0) is 32.8 Å². The Morgan fingerprint density at radius 2 is 1.96 bits per heavy atom. The highest BCUT2D eigenvalue weighted by Crippen LogP contribution is 2.39. The molecular formula is C16H21N3O3S. The number of rotatable bonds is 6. The Balaban J connectivity index is 1.90. The summed E-state index contributed by atoms with van der Waals surface area (Å²) in [5, 5.41) is 8.01. The van der Waals surface area contributed by atoms with Crippen LogP contribution in [0, 0.1) is 0 Å². The predicted molar refractivity (Wildman–Crippen MR) is 86.1 cm³/mol. The van der Waals surface area contributed by atoms with Crippen LogP contribution in [0.2, 0.25) is 0 Å². The molecule has 0 unspecified atom stereocenters. The minimum absolute atomic E-state index is 0.0184. The Morgan fingerprint density at radius 1 is 1.26 bits per heavy atom. The molecule has 1 heterocycles. The molecule has 1 fully saturated rings. The Morgan fingerprint density at radius 3 is 2.61 bits per heavy atom. The standard InChI is InChI=1S/C16H21N3O3S/c1-11(2)22-14-7-5-4-6-13(14)10-23(20,21)16-18-17-15(19(16)3)12-8-9-12/h4-7,11-12H,8-10H2,1-3H3. The minimum atomic E-state index is -3.58. The summed E-state index contributed by atoms with van der Waals surface area (Å²) in [5.41, 5.74) is 0.636. The van der Waals surface area contributed by atoms with Crippen LogP contribution in [0.15, 0.2) is 29.4 Å². The lowest BCUT2D eigenvalue weighted by molar-refractivity contribution is 0.240. The number of sulfone groups is 1. The highest BCUT2D eigenvalue weighted by Gasteiger charge is 2.32. The van der Waals surface area contributed by atoms with Crippen LogP contribution in [-0.2, 0) is 22.6 Å². The normalized spacial score (nSPS) is 15.1. The molecule has 1 aliphatic rings. The van der Waals surface area contributed by atoms with Crippen LogP contribution in [0.25, 0.3) is 0 Å². The second-order valence-corrected chi connectivity index (χ2v) is 8.09. The van der Waals surface area contributed by atoms with Gasteiger partial charge in [0.2, 0.25) is 15.0 Å². The van der Waals surface area contributed by atoms with E-state index in [4.69, 9.17) is 4.74 Å². The van der Waals surface area contributed by atoms with Crippen molar-refractivity contribution < 1.29 is 13.2 Å². The molecule has 0 atom stereocenters. The molecule has 1 saturated carbocycles. The highest BCUT2D eigenvalue weighted by atomic mass is 32.2. The summed E-state index contributed by atoms with van der Waals surface area (Å²) in [7, 11) is -1.86. The molecular weight excluding hydrogens is 314 g/mol. The summed E-state index contributed by atoms with van der Waals surface area (Å²) in [6.45, 7) is 3.83. The van der Waals surface area contributed by atoms with E-state index in [0.717, 1.165) is 18.7 Å². The van der Waals surface area contributed by atoms with Crippen LogP contribution in [0.5, 0.6) is 5.75 Å². The molecule has 0 amide bonds. The van der Waals surface area contributed by atoms with E-state index < -0.39 is 9.84 Å². The molecule has 7 heteroatoms. The summed E-state index contributed by atoms with van der Waals surface area (Å²) in [6, 6.07) is 7.20. The third-order valence-corrected chi connectivity index (χ3v) is 5.37. The summed E-state index contributed by atoms with van der Waals surface area (Å²) in [5.74, 6) is 1.56. The molecule has 0 bridgehead atoms. The van der Waals surface area contributed by atoms with Crippen molar-refractivity contribution >= 4 is 9.84 Å². The minimum Gasteiger partial charge on any atom is -0.491 e. The van der Waals surface area contributed by atoms with Crippen LogP contribution in [0.3, 0.4) is 0 Å². The first-order valence-corrected chi connectivity index (χ1v) is 9.40. The first-order chi connectivity index (χ1) is 10.9. The average molecular weight is 335 g/mol. The van der Waals surface area contributed by atoms with E-state index >= 15 is 0 Å². The summed E-state index contributed by atoms with van der Waals surface area (Å²) in [6.07, 6.45) is 2.09. The van der Waals surface area contributed by atoms with Gasteiger partial charge in [0.25, 0.3) is 0 Å². The molecule has 0 spiro atoms. The number of benzene rings is 1. The third kappa shape index (κ3) is 3.39. The van der Waals surface area contributed by atoms with Gasteiger partial charge >= 0.3 is 0 Å². The molecule has 1 aromatic heterocycles. The summed E-state index contributed by atoms with van der Waals surface area (Å²) in [4.78, 5) is 0. The molecule has 2 aromatic rings. The van der Waals surface area contributed by atoms with E-state index in [1.54, 1.807) is 23.7 Å². The van der Waals surface area contributed by atoms with Crippen molar-refractivity contribution in [1.82, 2.24) is 14.8 Å². The van der Waals surface area contributed by atoms with Crippen molar-refractivity contribution in [2.45, 2.75) is 49.6 Å². The Kier molecular flexibility index (Phi) is 4.14. The fourth-order valence-corrected chi connectivity index (χ4v) is 4.01. The van der Waals surface area contributed by atoms with Crippen molar-refractivity contribution in [2.24, 2.45) is 7.05 Å². The lowest BCUT2D eigenvalue weighted by Crippen LogP contribution is -2.14. The number of hydrogen-bond acceptors (Lipinski definition) is 5. The highest BCUT2D eigenvalue weighted by molar-refractivity contribution is 7.90. The van der Waals surface area contributed by atoms with Crippen molar-refractivity contribution in [3.63, 3.8) is 0 Å². The first kappa shape index (κ1) is 16.0. The number of aromatic nitrogens is 3. The smallest absolute Gasteiger partial charge is 0.249 e. The van der Waals surface area contributed by atoms with Gasteiger partial charge in [0.1, 0.15) is 11.6 Å². The molecule has 3 rings (SSSR count). The molecule has 124 valence electrons. The quantitative estimate of drug-likeness (QED) is 0.810. The molecule has 23 heavy (non-hydrogen) atoms. The molecule has 0 N–H and O–H groups in total. The van der Waals surface area contributed by atoms with Gasteiger partial charge in [-0.2, -0.15) is 0 Å². The second kappa shape index (κ2) is 5.96. The van der Waals surface area contributed by atoms with E-state index in [1.807, 2.05) is 26.0 Å². The van der Waals surface area contributed by atoms with E-state index in [-0.39, 0.29) is 17.0 Å². The topological polar surface area (TPSA) is 74.1 Å². The van der Waals surface area contributed by atoms with Crippen LogP contribution in [0.1, 0.15) is 44.0 Å². The maximum Gasteiger partial charge on any atom is 0.249 e. The predicted octanol–water partition coefficient (Wildman–Crippen LogP) is 2.45. The number of para-hydroxylation sites is 1. The SMILES string of the molecule is CC(C)Oc1ccccc1CS(=O)(=O)c1nnc(C2CC2)n1C. The number of nitrogens with zero attached hydrogens (tertiary/aromatic N) is 3. The van der Waals surface area contributed by atoms with E-state index in [2.05, 4.69) is 10.2 Å². The van der Waals surface area contributed by atoms with Gasteiger partial charge in [-0.15, -0.1) is 10.2 Å². The van der Waals surface area contributed by atoms with Gasteiger partial charge in [-0.3, -0.25) is 0 Å². The summed E-state index contributed by atoms with van der Waals surface area (Å²) < 4.78 is 32.8. The van der Waals surface area contributed by atoms with Gasteiger partial charge in [0.15, 0.2) is 0 Å². The van der Waals surface area contributed by atoms with E-state index in [1.165, 1.54) is 0 Å². The lowest BCUT2D eigenvalue weighted by atomic mass is 10.2. The van der Waals surface area contributed by atoms with E-state index in [9.17, 15) is 8.42 Å². The first-order valence-electron chi connectivity index (χ1n) is 7.75. The third-order valence-electron chi connectivity index (χ3n) is 3.77.